The molecule has 21 heavy (non-hydrogen) atoms. The average Bonchev–Trinajstić information content (AvgIpc) is 3.14. The number of amidine groups is 1. The van der Waals surface area contributed by atoms with E-state index < -0.39 is 0 Å². The van der Waals surface area contributed by atoms with Crippen molar-refractivity contribution < 1.29 is 10.0 Å². The summed E-state index contributed by atoms with van der Waals surface area (Å²) in [4.78, 5) is 12.3. The number of fused-ring (bicyclic) bond motifs is 1. The molecule has 0 aliphatic heterocycles. The van der Waals surface area contributed by atoms with E-state index in [1.54, 1.807) is 6.07 Å². The Bertz CT molecular complexity index is 720. The molecule has 1 aromatic carbocycles. The fourth-order valence-electron chi connectivity index (χ4n) is 2.53. The first kappa shape index (κ1) is 13.2. The average molecular weight is 285 g/mol. The Morgan fingerprint density at radius 1 is 1.38 bits per heavy atom. The molecule has 0 saturated heterocycles. The molecule has 1 aromatic heterocycles. The molecular formula is C14H15N5O2. The van der Waals surface area contributed by atoms with Gasteiger partial charge in [-0.05, 0) is 42.5 Å². The summed E-state index contributed by atoms with van der Waals surface area (Å²) < 4.78 is 0. The van der Waals surface area contributed by atoms with Gasteiger partial charge in [0.15, 0.2) is 5.84 Å². The SMILES string of the molecule is NC(=NO)c1cn[nH]c1NC(=O)c1ccc2c(c1)CCC2. The summed E-state index contributed by atoms with van der Waals surface area (Å²) in [6.45, 7) is 0. The van der Waals surface area contributed by atoms with Crippen molar-refractivity contribution in [2.75, 3.05) is 5.32 Å². The van der Waals surface area contributed by atoms with Crippen LogP contribution in [0.2, 0.25) is 0 Å². The van der Waals surface area contributed by atoms with Crippen LogP contribution in [0.25, 0.3) is 0 Å². The first-order valence-corrected chi connectivity index (χ1v) is 6.63. The molecule has 1 aliphatic carbocycles. The van der Waals surface area contributed by atoms with Crippen LogP contribution in [-0.4, -0.2) is 27.1 Å². The summed E-state index contributed by atoms with van der Waals surface area (Å²) >= 11 is 0. The van der Waals surface area contributed by atoms with E-state index in [2.05, 4.69) is 20.7 Å². The van der Waals surface area contributed by atoms with Gasteiger partial charge < -0.3 is 16.3 Å². The molecule has 2 aromatic rings. The number of carbonyl (C=O) groups is 1. The molecule has 0 bridgehead atoms. The maximum atomic E-state index is 12.3. The van der Waals surface area contributed by atoms with Crippen LogP contribution < -0.4 is 11.1 Å². The van der Waals surface area contributed by atoms with E-state index in [4.69, 9.17) is 10.9 Å². The van der Waals surface area contributed by atoms with Crippen molar-refractivity contribution in [3.8, 4) is 0 Å². The van der Waals surface area contributed by atoms with Crippen LogP contribution in [0.1, 0.15) is 33.5 Å². The highest BCUT2D eigenvalue weighted by Gasteiger charge is 2.16. The number of hydrogen-bond donors (Lipinski definition) is 4. The van der Waals surface area contributed by atoms with Crippen LogP contribution in [0.5, 0.6) is 0 Å². The van der Waals surface area contributed by atoms with Gasteiger partial charge in [-0.1, -0.05) is 11.2 Å². The van der Waals surface area contributed by atoms with Gasteiger partial charge in [0.1, 0.15) is 5.82 Å². The Balaban J connectivity index is 1.82. The number of hydrogen-bond acceptors (Lipinski definition) is 4. The molecule has 1 amide bonds. The monoisotopic (exact) mass is 285 g/mol. The van der Waals surface area contributed by atoms with E-state index in [0.29, 0.717) is 16.9 Å². The minimum Gasteiger partial charge on any atom is -0.409 e. The number of nitrogens with two attached hydrogens (primary N) is 1. The van der Waals surface area contributed by atoms with Gasteiger partial charge in [-0.2, -0.15) is 5.10 Å². The standard InChI is InChI=1S/C14H15N5O2/c15-12(19-21)11-7-16-18-13(11)17-14(20)10-5-4-8-2-1-3-9(8)6-10/h4-7,21H,1-3H2,(H2,15,19)(H2,16,17,18,20). The van der Waals surface area contributed by atoms with E-state index in [1.807, 2.05) is 12.1 Å². The van der Waals surface area contributed by atoms with Crippen molar-refractivity contribution in [2.45, 2.75) is 19.3 Å². The molecule has 0 saturated carbocycles. The molecule has 0 fully saturated rings. The van der Waals surface area contributed by atoms with Crippen molar-refractivity contribution in [3.63, 3.8) is 0 Å². The molecule has 7 heteroatoms. The van der Waals surface area contributed by atoms with Gasteiger partial charge in [0.2, 0.25) is 0 Å². The van der Waals surface area contributed by atoms with Gasteiger partial charge in [0.25, 0.3) is 5.91 Å². The lowest BCUT2D eigenvalue weighted by molar-refractivity contribution is 0.102. The predicted octanol–water partition coefficient (Wildman–Crippen LogP) is 1.25. The number of aromatic nitrogens is 2. The van der Waals surface area contributed by atoms with Crippen molar-refractivity contribution in [2.24, 2.45) is 10.9 Å². The van der Waals surface area contributed by atoms with Crippen LogP contribution in [0.15, 0.2) is 29.6 Å². The summed E-state index contributed by atoms with van der Waals surface area (Å²) in [5, 5.41) is 20.7. The van der Waals surface area contributed by atoms with E-state index in [9.17, 15) is 4.79 Å². The second kappa shape index (κ2) is 5.28. The highest BCUT2D eigenvalue weighted by Crippen LogP contribution is 2.23. The largest absolute Gasteiger partial charge is 0.409 e. The van der Waals surface area contributed by atoms with Crippen molar-refractivity contribution >= 4 is 17.6 Å². The second-order valence-corrected chi connectivity index (χ2v) is 4.94. The van der Waals surface area contributed by atoms with Crippen molar-refractivity contribution in [1.29, 1.82) is 0 Å². The molecule has 1 aliphatic rings. The maximum Gasteiger partial charge on any atom is 0.256 e. The lowest BCUT2D eigenvalue weighted by Gasteiger charge is -2.07. The maximum absolute atomic E-state index is 12.3. The Hall–Kier alpha value is -2.83. The zero-order valence-electron chi connectivity index (χ0n) is 11.3. The zero-order valence-corrected chi connectivity index (χ0v) is 11.3. The minimum atomic E-state index is -0.263. The van der Waals surface area contributed by atoms with Crippen LogP contribution in [0, 0.1) is 0 Å². The topological polar surface area (TPSA) is 116 Å². The highest BCUT2D eigenvalue weighted by molar-refractivity contribution is 6.09. The third-order valence-electron chi connectivity index (χ3n) is 3.62. The van der Waals surface area contributed by atoms with E-state index in [1.165, 1.54) is 17.3 Å². The molecule has 0 radical (unpaired) electrons. The molecule has 5 N–H and O–H groups in total. The van der Waals surface area contributed by atoms with Crippen molar-refractivity contribution in [1.82, 2.24) is 10.2 Å². The summed E-state index contributed by atoms with van der Waals surface area (Å²) in [7, 11) is 0. The lowest BCUT2D eigenvalue weighted by Crippen LogP contribution is -2.18. The molecule has 0 atom stereocenters. The van der Waals surface area contributed by atoms with Crippen LogP contribution in [0.4, 0.5) is 5.82 Å². The lowest BCUT2D eigenvalue weighted by atomic mass is 10.1. The molecule has 1 heterocycles. The zero-order chi connectivity index (χ0) is 14.8. The van der Waals surface area contributed by atoms with Gasteiger partial charge in [-0.25, -0.2) is 0 Å². The van der Waals surface area contributed by atoms with Gasteiger partial charge in [0, 0.05) is 5.56 Å². The van der Waals surface area contributed by atoms with Gasteiger partial charge in [-0.15, -0.1) is 0 Å². The minimum absolute atomic E-state index is 0.118. The number of benzene rings is 1. The molecule has 3 rings (SSSR count). The number of H-pyrrole nitrogens is 1. The third-order valence-corrected chi connectivity index (χ3v) is 3.62. The number of aromatic amines is 1. The fraction of sp³-hybridized carbons (Fsp3) is 0.214. The molecule has 108 valence electrons. The third kappa shape index (κ3) is 2.45. The fourth-order valence-corrected chi connectivity index (χ4v) is 2.53. The number of nitrogens with one attached hydrogen (secondary N) is 2. The van der Waals surface area contributed by atoms with E-state index >= 15 is 0 Å². The van der Waals surface area contributed by atoms with E-state index in [-0.39, 0.29) is 11.7 Å². The quantitative estimate of drug-likeness (QED) is 0.294. The molecule has 0 unspecified atom stereocenters. The number of aryl methyl sites for hydroxylation is 2. The van der Waals surface area contributed by atoms with Crippen LogP contribution >= 0.6 is 0 Å². The van der Waals surface area contributed by atoms with Crippen LogP contribution in [0.3, 0.4) is 0 Å². The number of rotatable bonds is 3. The van der Waals surface area contributed by atoms with Crippen molar-refractivity contribution in [3.05, 3.63) is 46.6 Å². The smallest absolute Gasteiger partial charge is 0.256 e. The first-order valence-electron chi connectivity index (χ1n) is 6.63. The Labute approximate surface area is 120 Å². The summed E-state index contributed by atoms with van der Waals surface area (Å²) in [6, 6.07) is 5.71. The normalized spacial score (nSPS) is 14.0. The second-order valence-electron chi connectivity index (χ2n) is 4.94. The summed E-state index contributed by atoms with van der Waals surface area (Å²) in [6.07, 6.45) is 4.60. The summed E-state index contributed by atoms with van der Waals surface area (Å²) in [5.74, 6) is -0.0789. The Morgan fingerprint density at radius 2 is 2.19 bits per heavy atom. The molecule has 7 nitrogen and oxygen atoms in total. The Kier molecular flexibility index (Phi) is 3.31. The highest BCUT2D eigenvalue weighted by atomic mass is 16.4. The number of nitrogens with zero attached hydrogens (tertiary/aromatic N) is 2. The Morgan fingerprint density at radius 3 is 3.00 bits per heavy atom. The number of carbonyl (C=O) groups excluding carboxylic acids is 1. The number of anilines is 1. The van der Waals surface area contributed by atoms with Crippen LogP contribution in [-0.2, 0) is 12.8 Å². The van der Waals surface area contributed by atoms with Gasteiger partial charge >= 0.3 is 0 Å². The summed E-state index contributed by atoms with van der Waals surface area (Å²) in [5.41, 5.74) is 8.97. The van der Waals surface area contributed by atoms with Gasteiger partial charge in [-0.3, -0.25) is 9.89 Å². The molecular weight excluding hydrogens is 270 g/mol. The van der Waals surface area contributed by atoms with E-state index in [0.717, 1.165) is 19.3 Å². The number of oxime groups is 1. The van der Waals surface area contributed by atoms with Gasteiger partial charge in [0.05, 0.1) is 11.8 Å². The first-order chi connectivity index (χ1) is 10.2. The predicted molar refractivity (Wildman–Crippen MR) is 77.5 cm³/mol. The molecule has 0 spiro atoms. The number of amides is 1.